The molecule has 7 nitrogen and oxygen atoms in total. The first-order valence-corrected chi connectivity index (χ1v) is 11.5. The van der Waals surface area contributed by atoms with Gasteiger partial charge in [0.2, 0.25) is 11.8 Å². The van der Waals surface area contributed by atoms with Crippen molar-refractivity contribution in [3.8, 4) is 5.69 Å². The molecule has 1 aromatic heterocycles. The lowest BCUT2D eigenvalue weighted by Gasteiger charge is -2.09. The van der Waals surface area contributed by atoms with Gasteiger partial charge in [-0.1, -0.05) is 44.2 Å². The second kappa shape index (κ2) is 10.4. The van der Waals surface area contributed by atoms with E-state index in [1.807, 2.05) is 54.6 Å². The number of thioether (sulfide) groups is 1. The average Bonchev–Trinajstić information content (AvgIpc) is 2.97. The van der Waals surface area contributed by atoms with Crippen LogP contribution in [0, 0.1) is 6.92 Å². The number of hydrogen-bond acceptors (Lipinski definition) is 4. The molecule has 168 valence electrons. The molecule has 2 aromatic carbocycles. The summed E-state index contributed by atoms with van der Waals surface area (Å²) >= 11 is 1.20. The van der Waals surface area contributed by atoms with Gasteiger partial charge in [-0.25, -0.2) is 4.68 Å². The Balaban J connectivity index is 1.56. The minimum absolute atomic E-state index is 0.0680. The number of amides is 2. The summed E-state index contributed by atoms with van der Waals surface area (Å²) in [4.78, 5) is 37.5. The summed E-state index contributed by atoms with van der Waals surface area (Å²) in [5.41, 5.74) is 3.22. The Bertz CT molecular complexity index is 1170. The van der Waals surface area contributed by atoms with Gasteiger partial charge in [0.25, 0.3) is 5.56 Å². The molecule has 2 amide bonds. The fourth-order valence-corrected chi connectivity index (χ4v) is 3.91. The number of benzene rings is 2. The minimum atomic E-state index is -0.324. The van der Waals surface area contributed by atoms with E-state index in [1.54, 1.807) is 18.7 Å². The largest absolute Gasteiger partial charge is 0.325 e. The Morgan fingerprint density at radius 2 is 1.62 bits per heavy atom. The molecule has 0 bridgehead atoms. The van der Waals surface area contributed by atoms with Crippen molar-refractivity contribution in [2.45, 2.75) is 26.7 Å². The highest BCUT2D eigenvalue weighted by molar-refractivity contribution is 8.00. The van der Waals surface area contributed by atoms with Gasteiger partial charge in [0, 0.05) is 12.7 Å². The second-order valence-corrected chi connectivity index (χ2v) is 8.79. The van der Waals surface area contributed by atoms with Crippen LogP contribution in [0.2, 0.25) is 0 Å². The third-order valence-corrected chi connectivity index (χ3v) is 6.05. The molecule has 0 unspecified atom stereocenters. The molecular formula is C24H28N4O3S. The molecule has 1 heterocycles. The van der Waals surface area contributed by atoms with Gasteiger partial charge in [0.1, 0.15) is 5.69 Å². The number of carbonyl (C=O) groups is 2. The minimum Gasteiger partial charge on any atom is -0.325 e. The zero-order valence-corrected chi connectivity index (χ0v) is 19.5. The van der Waals surface area contributed by atoms with Gasteiger partial charge in [0.05, 0.1) is 22.9 Å². The molecule has 0 aliphatic carbocycles. The molecule has 0 saturated heterocycles. The second-order valence-electron chi connectivity index (χ2n) is 7.81. The van der Waals surface area contributed by atoms with Crippen LogP contribution < -0.4 is 16.2 Å². The van der Waals surface area contributed by atoms with Crippen molar-refractivity contribution in [1.29, 1.82) is 0 Å². The zero-order chi connectivity index (χ0) is 23.3. The van der Waals surface area contributed by atoms with Gasteiger partial charge in [0.15, 0.2) is 0 Å². The molecule has 3 rings (SSSR count). The third kappa shape index (κ3) is 5.50. The predicted octanol–water partition coefficient (Wildman–Crippen LogP) is 3.92. The van der Waals surface area contributed by atoms with Crippen molar-refractivity contribution in [2.24, 2.45) is 7.05 Å². The lowest BCUT2D eigenvalue weighted by Crippen LogP contribution is -2.24. The van der Waals surface area contributed by atoms with Gasteiger partial charge >= 0.3 is 0 Å². The molecule has 0 atom stereocenters. The number of hydrogen-bond donors (Lipinski definition) is 2. The number of para-hydroxylation sites is 1. The Kier molecular flexibility index (Phi) is 7.58. The quantitative estimate of drug-likeness (QED) is 0.543. The molecule has 0 fully saturated rings. The Morgan fingerprint density at radius 3 is 2.28 bits per heavy atom. The van der Waals surface area contributed by atoms with E-state index in [0.29, 0.717) is 11.6 Å². The summed E-state index contributed by atoms with van der Waals surface area (Å²) in [5.74, 6) is 0.0828. The van der Waals surface area contributed by atoms with Crippen LogP contribution in [0.4, 0.5) is 11.4 Å². The Morgan fingerprint density at radius 1 is 0.969 bits per heavy atom. The maximum absolute atomic E-state index is 12.9. The average molecular weight is 453 g/mol. The number of aromatic nitrogens is 2. The smallest absolute Gasteiger partial charge is 0.295 e. The number of nitrogens with zero attached hydrogens (tertiary/aromatic N) is 2. The summed E-state index contributed by atoms with van der Waals surface area (Å²) in [6, 6.07) is 17.0. The molecule has 0 radical (unpaired) electrons. The van der Waals surface area contributed by atoms with Crippen molar-refractivity contribution in [3.63, 3.8) is 0 Å². The summed E-state index contributed by atoms with van der Waals surface area (Å²) in [5, 5.41) is 5.57. The summed E-state index contributed by atoms with van der Waals surface area (Å²) in [7, 11) is 1.77. The molecule has 0 aliphatic rings. The van der Waals surface area contributed by atoms with Crippen LogP contribution in [-0.2, 0) is 16.6 Å². The maximum atomic E-state index is 12.9. The molecule has 3 aromatic rings. The van der Waals surface area contributed by atoms with Crippen molar-refractivity contribution < 1.29 is 9.59 Å². The van der Waals surface area contributed by atoms with Crippen LogP contribution in [0.5, 0.6) is 0 Å². The lowest BCUT2D eigenvalue weighted by molar-refractivity contribution is -0.114. The van der Waals surface area contributed by atoms with Crippen molar-refractivity contribution in [2.75, 3.05) is 22.1 Å². The van der Waals surface area contributed by atoms with Gasteiger partial charge in [-0.05, 0) is 42.7 Å². The van der Waals surface area contributed by atoms with Gasteiger partial charge in [-0.2, -0.15) is 0 Å². The first-order chi connectivity index (χ1) is 15.3. The fraction of sp³-hybridized carbons (Fsp3) is 0.292. The van der Waals surface area contributed by atoms with Crippen molar-refractivity contribution in [1.82, 2.24) is 9.36 Å². The summed E-state index contributed by atoms with van der Waals surface area (Å²) in [6.45, 7) is 5.97. The Hall–Kier alpha value is -3.26. The number of nitrogens with one attached hydrogen (secondary N) is 2. The fourth-order valence-electron chi connectivity index (χ4n) is 3.30. The highest BCUT2D eigenvalue weighted by Crippen LogP contribution is 2.19. The molecule has 0 aliphatic heterocycles. The highest BCUT2D eigenvalue weighted by atomic mass is 32.2. The maximum Gasteiger partial charge on any atom is 0.295 e. The monoisotopic (exact) mass is 452 g/mol. The van der Waals surface area contributed by atoms with E-state index in [0.717, 1.165) is 16.9 Å². The molecule has 8 heteroatoms. The first-order valence-electron chi connectivity index (χ1n) is 10.4. The topological polar surface area (TPSA) is 85.1 Å². The number of carbonyl (C=O) groups excluding carboxylic acids is 2. The van der Waals surface area contributed by atoms with E-state index in [1.165, 1.54) is 16.4 Å². The van der Waals surface area contributed by atoms with Crippen LogP contribution >= 0.6 is 11.8 Å². The van der Waals surface area contributed by atoms with Crippen molar-refractivity contribution >= 4 is 35.0 Å². The molecule has 2 N–H and O–H groups in total. The van der Waals surface area contributed by atoms with E-state index in [4.69, 9.17) is 0 Å². The van der Waals surface area contributed by atoms with E-state index in [9.17, 15) is 14.4 Å². The van der Waals surface area contributed by atoms with E-state index in [2.05, 4.69) is 24.5 Å². The van der Waals surface area contributed by atoms with Crippen LogP contribution in [0.15, 0.2) is 59.4 Å². The highest BCUT2D eigenvalue weighted by Gasteiger charge is 2.18. The van der Waals surface area contributed by atoms with E-state index >= 15 is 0 Å². The first kappa shape index (κ1) is 23.4. The molecule has 32 heavy (non-hydrogen) atoms. The van der Waals surface area contributed by atoms with Crippen LogP contribution in [0.25, 0.3) is 5.69 Å². The normalized spacial score (nSPS) is 10.9. The standard InChI is InChI=1S/C24H28N4O3S/c1-16(2)18-9-8-10-19(13-18)25-21(29)14-32-15-22(30)26-23-17(3)27(4)28(24(23)31)20-11-6-5-7-12-20/h5-13,16H,14-15H2,1-4H3,(H,25,29)(H,26,30). The van der Waals surface area contributed by atoms with Gasteiger partial charge in [-0.15, -0.1) is 11.8 Å². The Labute approximate surface area is 191 Å². The van der Waals surface area contributed by atoms with Gasteiger partial charge in [-0.3, -0.25) is 19.1 Å². The predicted molar refractivity (Wildman–Crippen MR) is 131 cm³/mol. The summed E-state index contributed by atoms with van der Waals surface area (Å²) in [6.07, 6.45) is 0. The van der Waals surface area contributed by atoms with E-state index < -0.39 is 0 Å². The zero-order valence-electron chi connectivity index (χ0n) is 18.7. The molecule has 0 spiro atoms. The van der Waals surface area contributed by atoms with E-state index in [-0.39, 0.29) is 34.6 Å². The molecular weight excluding hydrogens is 424 g/mol. The van der Waals surface area contributed by atoms with Gasteiger partial charge < -0.3 is 10.6 Å². The SMILES string of the molecule is Cc1c(NC(=O)CSCC(=O)Nc2cccc(C(C)C)c2)c(=O)n(-c2ccccc2)n1C. The number of rotatable bonds is 8. The van der Waals surface area contributed by atoms with Crippen LogP contribution in [0.1, 0.15) is 31.0 Å². The van der Waals surface area contributed by atoms with Crippen LogP contribution in [0.3, 0.4) is 0 Å². The number of anilines is 2. The van der Waals surface area contributed by atoms with Crippen molar-refractivity contribution in [3.05, 3.63) is 76.2 Å². The third-order valence-electron chi connectivity index (χ3n) is 5.12. The molecule has 0 saturated carbocycles. The summed E-state index contributed by atoms with van der Waals surface area (Å²) < 4.78 is 3.22. The van der Waals surface area contributed by atoms with Crippen LogP contribution in [-0.4, -0.2) is 32.7 Å². The lowest BCUT2D eigenvalue weighted by atomic mass is 10.0.